The fraction of sp³-hybridized carbons (Fsp3) is 0.769. The van der Waals surface area contributed by atoms with Crippen LogP contribution in [0.1, 0.15) is 41.0 Å². The van der Waals surface area contributed by atoms with E-state index >= 15 is 0 Å². The van der Waals surface area contributed by atoms with Crippen LogP contribution in [-0.2, 0) is 19.1 Å². The van der Waals surface area contributed by atoms with E-state index in [1.807, 2.05) is 13.8 Å². The van der Waals surface area contributed by atoms with Crippen LogP contribution in [0.3, 0.4) is 0 Å². The molecule has 0 aromatic carbocycles. The molecular weight excluding hydrogens is 236 g/mol. The standard InChI is InChI=1S/C13H22O5/c1-8(2)6-9(11(15)16)10(14)7-18-12(17)13(3,4)5/h8-9H,6-7H2,1-5H3,(H,15,16). The number of carbonyl (C=O) groups excluding carboxylic acids is 2. The van der Waals surface area contributed by atoms with Crippen molar-refractivity contribution in [3.8, 4) is 0 Å². The highest BCUT2D eigenvalue weighted by molar-refractivity contribution is 5.99. The molecule has 0 fully saturated rings. The second kappa shape index (κ2) is 6.52. The summed E-state index contributed by atoms with van der Waals surface area (Å²) in [4.78, 5) is 34.1. The highest BCUT2D eigenvalue weighted by atomic mass is 16.5. The molecule has 0 bridgehead atoms. The quantitative estimate of drug-likeness (QED) is 0.581. The van der Waals surface area contributed by atoms with Gasteiger partial charge < -0.3 is 9.84 Å². The first-order valence-electron chi connectivity index (χ1n) is 5.98. The van der Waals surface area contributed by atoms with Gasteiger partial charge in [-0.15, -0.1) is 0 Å². The summed E-state index contributed by atoms with van der Waals surface area (Å²) in [6.07, 6.45) is 0.251. The second-order valence-electron chi connectivity index (χ2n) is 5.81. The smallest absolute Gasteiger partial charge is 0.314 e. The molecule has 1 N–H and O–H groups in total. The van der Waals surface area contributed by atoms with E-state index in [1.54, 1.807) is 20.8 Å². The number of rotatable bonds is 6. The van der Waals surface area contributed by atoms with E-state index in [1.165, 1.54) is 0 Å². The molecule has 0 amide bonds. The van der Waals surface area contributed by atoms with Crippen molar-refractivity contribution >= 4 is 17.7 Å². The van der Waals surface area contributed by atoms with Crippen LogP contribution in [0.15, 0.2) is 0 Å². The summed E-state index contributed by atoms with van der Waals surface area (Å²) in [6.45, 7) is 8.21. The molecule has 5 heteroatoms. The van der Waals surface area contributed by atoms with Gasteiger partial charge in [0.1, 0.15) is 5.92 Å². The summed E-state index contributed by atoms with van der Waals surface area (Å²) in [5, 5.41) is 8.96. The number of carboxylic acids is 1. The van der Waals surface area contributed by atoms with Gasteiger partial charge in [-0.1, -0.05) is 13.8 Å². The van der Waals surface area contributed by atoms with E-state index < -0.39 is 35.7 Å². The van der Waals surface area contributed by atoms with Crippen LogP contribution in [0, 0.1) is 17.3 Å². The highest BCUT2D eigenvalue weighted by Crippen LogP contribution is 2.17. The second-order valence-corrected chi connectivity index (χ2v) is 5.81. The lowest BCUT2D eigenvalue weighted by molar-refractivity contribution is -0.159. The Bertz CT molecular complexity index is 325. The zero-order valence-electron chi connectivity index (χ0n) is 11.6. The first-order valence-corrected chi connectivity index (χ1v) is 5.98. The van der Waals surface area contributed by atoms with Gasteiger partial charge in [-0.2, -0.15) is 0 Å². The van der Waals surface area contributed by atoms with Gasteiger partial charge in [0, 0.05) is 0 Å². The third-order valence-corrected chi connectivity index (χ3v) is 2.35. The largest absolute Gasteiger partial charge is 0.481 e. The SMILES string of the molecule is CC(C)CC(C(=O)O)C(=O)COC(=O)C(C)(C)C. The molecule has 0 heterocycles. The Morgan fingerprint density at radius 3 is 2.00 bits per heavy atom. The van der Waals surface area contributed by atoms with Crippen molar-refractivity contribution < 1.29 is 24.2 Å². The lowest BCUT2D eigenvalue weighted by atomic mass is 9.93. The maximum absolute atomic E-state index is 11.7. The first-order chi connectivity index (χ1) is 8.05. The minimum atomic E-state index is -1.17. The molecule has 0 aliphatic carbocycles. The molecule has 0 aromatic rings. The zero-order valence-corrected chi connectivity index (χ0v) is 11.6. The summed E-state index contributed by atoms with van der Waals surface area (Å²) in [7, 11) is 0. The third kappa shape index (κ3) is 5.80. The summed E-state index contributed by atoms with van der Waals surface area (Å²) in [6, 6.07) is 0. The van der Waals surface area contributed by atoms with Gasteiger partial charge in [0.05, 0.1) is 5.41 Å². The molecule has 0 spiro atoms. The van der Waals surface area contributed by atoms with E-state index in [2.05, 4.69) is 0 Å². The van der Waals surface area contributed by atoms with E-state index in [4.69, 9.17) is 9.84 Å². The van der Waals surface area contributed by atoms with Crippen molar-refractivity contribution in [3.63, 3.8) is 0 Å². The Hall–Kier alpha value is -1.39. The third-order valence-electron chi connectivity index (χ3n) is 2.35. The number of carbonyl (C=O) groups is 3. The number of esters is 1. The fourth-order valence-corrected chi connectivity index (χ4v) is 1.30. The highest BCUT2D eigenvalue weighted by Gasteiger charge is 2.29. The van der Waals surface area contributed by atoms with E-state index in [0.717, 1.165) is 0 Å². The van der Waals surface area contributed by atoms with Gasteiger partial charge in [-0.05, 0) is 33.1 Å². The number of ketones is 1. The average molecular weight is 258 g/mol. The summed E-state index contributed by atoms with van der Waals surface area (Å²) in [5.41, 5.74) is -0.697. The number of hydrogen-bond acceptors (Lipinski definition) is 4. The Morgan fingerprint density at radius 1 is 1.17 bits per heavy atom. The van der Waals surface area contributed by atoms with Gasteiger partial charge in [0.15, 0.2) is 12.4 Å². The molecule has 0 rings (SSSR count). The van der Waals surface area contributed by atoms with Gasteiger partial charge in [0.25, 0.3) is 0 Å². The predicted molar refractivity (Wildman–Crippen MR) is 66.0 cm³/mol. The topological polar surface area (TPSA) is 80.7 Å². The Balaban J connectivity index is 4.45. The molecule has 1 atom stereocenters. The average Bonchev–Trinajstić information content (AvgIpc) is 2.19. The van der Waals surface area contributed by atoms with Crippen molar-refractivity contribution in [2.75, 3.05) is 6.61 Å². The molecule has 104 valence electrons. The fourth-order valence-electron chi connectivity index (χ4n) is 1.30. The number of aliphatic carboxylic acids is 1. The molecule has 0 saturated carbocycles. The van der Waals surface area contributed by atoms with Crippen LogP contribution in [0.2, 0.25) is 0 Å². The Labute approximate surface area is 108 Å². The number of hydrogen-bond donors (Lipinski definition) is 1. The normalized spacial score (nSPS) is 13.2. The van der Waals surface area contributed by atoms with Crippen LogP contribution >= 0.6 is 0 Å². The minimum absolute atomic E-state index is 0.0911. The minimum Gasteiger partial charge on any atom is -0.481 e. The van der Waals surface area contributed by atoms with Crippen LogP contribution in [-0.4, -0.2) is 29.4 Å². The molecule has 0 aliphatic heterocycles. The lowest BCUT2D eigenvalue weighted by Gasteiger charge is -2.18. The molecule has 5 nitrogen and oxygen atoms in total. The van der Waals surface area contributed by atoms with Gasteiger partial charge >= 0.3 is 11.9 Å². The summed E-state index contributed by atoms with van der Waals surface area (Å²) in [5.74, 6) is -3.25. The van der Waals surface area contributed by atoms with Gasteiger partial charge in [-0.3, -0.25) is 14.4 Å². The first kappa shape index (κ1) is 16.6. The maximum atomic E-state index is 11.7. The van der Waals surface area contributed by atoms with Crippen molar-refractivity contribution in [2.45, 2.75) is 41.0 Å². The molecule has 0 aliphatic rings. The van der Waals surface area contributed by atoms with E-state index in [0.29, 0.717) is 0 Å². The van der Waals surface area contributed by atoms with Crippen LogP contribution in [0.4, 0.5) is 0 Å². The van der Waals surface area contributed by atoms with Crippen molar-refractivity contribution in [1.82, 2.24) is 0 Å². The molecule has 1 unspecified atom stereocenters. The number of ether oxygens (including phenoxy) is 1. The van der Waals surface area contributed by atoms with E-state index in [-0.39, 0.29) is 12.3 Å². The van der Waals surface area contributed by atoms with Crippen molar-refractivity contribution in [3.05, 3.63) is 0 Å². The molecule has 18 heavy (non-hydrogen) atoms. The predicted octanol–water partition coefficient (Wildman–Crippen LogP) is 1.89. The molecular formula is C13H22O5. The van der Waals surface area contributed by atoms with Crippen molar-refractivity contribution in [2.24, 2.45) is 17.3 Å². The summed E-state index contributed by atoms with van der Waals surface area (Å²) < 4.78 is 4.83. The maximum Gasteiger partial charge on any atom is 0.314 e. The Kier molecular flexibility index (Phi) is 6.01. The van der Waals surface area contributed by atoms with Crippen LogP contribution in [0.5, 0.6) is 0 Å². The molecule has 0 saturated heterocycles. The van der Waals surface area contributed by atoms with Gasteiger partial charge in [-0.25, -0.2) is 0 Å². The molecule has 0 aromatic heterocycles. The lowest BCUT2D eigenvalue weighted by Crippen LogP contribution is -2.32. The summed E-state index contributed by atoms with van der Waals surface area (Å²) >= 11 is 0. The van der Waals surface area contributed by atoms with Crippen molar-refractivity contribution in [1.29, 1.82) is 0 Å². The molecule has 0 radical (unpaired) electrons. The van der Waals surface area contributed by atoms with E-state index in [9.17, 15) is 14.4 Å². The van der Waals surface area contributed by atoms with Crippen LogP contribution in [0.25, 0.3) is 0 Å². The Morgan fingerprint density at radius 2 is 1.67 bits per heavy atom. The number of Topliss-reactive ketones (excluding diaryl/α,β-unsaturated/α-hetero) is 1. The van der Waals surface area contributed by atoms with Gasteiger partial charge in [0.2, 0.25) is 0 Å². The zero-order chi connectivity index (χ0) is 14.5. The number of carboxylic acid groups (broad SMARTS) is 1. The monoisotopic (exact) mass is 258 g/mol. The van der Waals surface area contributed by atoms with Crippen LogP contribution < -0.4 is 0 Å².